The van der Waals surface area contributed by atoms with E-state index in [9.17, 15) is 9.50 Å². The lowest BCUT2D eigenvalue weighted by Gasteiger charge is -2.12. The molecule has 0 radical (unpaired) electrons. The van der Waals surface area contributed by atoms with Gasteiger partial charge in [0.05, 0.1) is 6.10 Å². The van der Waals surface area contributed by atoms with Crippen molar-refractivity contribution in [1.82, 2.24) is 0 Å². The second kappa shape index (κ2) is 5.32. The Balaban J connectivity index is 2.18. The quantitative estimate of drug-likeness (QED) is 0.872. The molecule has 1 unspecified atom stereocenters. The molecule has 94 valence electrons. The Morgan fingerprint density at radius 1 is 1.06 bits per heavy atom. The van der Waals surface area contributed by atoms with Crippen molar-refractivity contribution >= 4 is 0 Å². The Hall–Kier alpha value is -1.67. The molecule has 0 aliphatic rings. The maximum absolute atomic E-state index is 13.1. The van der Waals surface area contributed by atoms with E-state index in [4.69, 9.17) is 0 Å². The highest BCUT2D eigenvalue weighted by Crippen LogP contribution is 2.20. The van der Waals surface area contributed by atoms with Gasteiger partial charge < -0.3 is 5.11 Å². The number of benzene rings is 2. The maximum atomic E-state index is 13.1. The van der Waals surface area contributed by atoms with Crippen LogP contribution in [0.1, 0.15) is 28.4 Å². The van der Waals surface area contributed by atoms with Gasteiger partial charge in [-0.2, -0.15) is 0 Å². The first-order valence-electron chi connectivity index (χ1n) is 6.05. The fourth-order valence-electron chi connectivity index (χ4n) is 2.24. The predicted molar refractivity (Wildman–Crippen MR) is 71.0 cm³/mol. The summed E-state index contributed by atoms with van der Waals surface area (Å²) in [6.07, 6.45) is -0.159. The van der Waals surface area contributed by atoms with Crippen molar-refractivity contribution in [3.63, 3.8) is 0 Å². The molecule has 2 heteroatoms. The van der Waals surface area contributed by atoms with E-state index in [0.29, 0.717) is 12.0 Å². The number of aliphatic hydroxyl groups is 1. The Labute approximate surface area is 107 Å². The van der Waals surface area contributed by atoms with Crippen molar-refractivity contribution in [2.45, 2.75) is 26.4 Å². The van der Waals surface area contributed by atoms with Crippen molar-refractivity contribution < 1.29 is 9.50 Å². The average Bonchev–Trinajstić information content (AvgIpc) is 2.27. The molecule has 2 aromatic rings. The van der Waals surface area contributed by atoms with E-state index in [0.717, 1.165) is 5.56 Å². The first kappa shape index (κ1) is 12.8. The highest BCUT2D eigenvalue weighted by molar-refractivity contribution is 5.30. The molecule has 0 spiro atoms. The predicted octanol–water partition coefficient (Wildman–Crippen LogP) is 3.72. The van der Waals surface area contributed by atoms with Gasteiger partial charge in [-0.25, -0.2) is 4.39 Å². The van der Waals surface area contributed by atoms with E-state index in [1.807, 2.05) is 13.8 Å². The minimum absolute atomic E-state index is 0.313. The third-order valence-corrected chi connectivity index (χ3v) is 2.94. The van der Waals surface area contributed by atoms with Crippen LogP contribution >= 0.6 is 0 Å². The Morgan fingerprint density at radius 2 is 1.72 bits per heavy atom. The molecule has 0 saturated carbocycles. The van der Waals surface area contributed by atoms with Crippen LogP contribution in [0.4, 0.5) is 4.39 Å². The van der Waals surface area contributed by atoms with E-state index in [1.54, 1.807) is 12.1 Å². The molecule has 0 aromatic heterocycles. The molecule has 0 aliphatic carbocycles. The molecule has 2 rings (SSSR count). The van der Waals surface area contributed by atoms with Crippen molar-refractivity contribution in [3.8, 4) is 0 Å². The molecule has 0 bridgehead atoms. The molecule has 1 atom stereocenters. The summed E-state index contributed by atoms with van der Waals surface area (Å²) in [4.78, 5) is 0. The number of aryl methyl sites for hydroxylation is 2. The molecule has 0 heterocycles. The van der Waals surface area contributed by atoms with Crippen molar-refractivity contribution in [3.05, 3.63) is 70.5 Å². The summed E-state index contributed by atoms with van der Waals surface area (Å²) >= 11 is 0. The van der Waals surface area contributed by atoms with E-state index >= 15 is 0 Å². The third-order valence-electron chi connectivity index (χ3n) is 2.94. The third kappa shape index (κ3) is 3.17. The van der Waals surface area contributed by atoms with Crippen LogP contribution in [0.25, 0.3) is 0 Å². The number of rotatable bonds is 3. The summed E-state index contributed by atoms with van der Waals surface area (Å²) in [5, 5.41) is 10.1. The van der Waals surface area contributed by atoms with Gasteiger partial charge in [0.1, 0.15) is 5.82 Å². The van der Waals surface area contributed by atoms with Crippen LogP contribution in [-0.2, 0) is 6.42 Å². The van der Waals surface area contributed by atoms with Crippen LogP contribution in [0, 0.1) is 19.7 Å². The molecule has 0 fully saturated rings. The van der Waals surface area contributed by atoms with Crippen LogP contribution in [-0.4, -0.2) is 5.11 Å². The summed E-state index contributed by atoms with van der Waals surface area (Å²) in [5.41, 5.74) is 4.05. The van der Waals surface area contributed by atoms with Crippen LogP contribution in [0.15, 0.2) is 42.5 Å². The zero-order valence-corrected chi connectivity index (χ0v) is 10.7. The van der Waals surface area contributed by atoms with Gasteiger partial charge in [0.2, 0.25) is 0 Å². The van der Waals surface area contributed by atoms with E-state index in [1.165, 1.54) is 23.3 Å². The van der Waals surface area contributed by atoms with Crippen LogP contribution in [0.3, 0.4) is 0 Å². The molecule has 0 amide bonds. The first-order valence-corrected chi connectivity index (χ1v) is 6.05. The van der Waals surface area contributed by atoms with E-state index in [-0.39, 0.29) is 5.82 Å². The molecule has 18 heavy (non-hydrogen) atoms. The van der Waals surface area contributed by atoms with Gasteiger partial charge in [0, 0.05) is 6.42 Å². The van der Waals surface area contributed by atoms with Gasteiger partial charge in [0.15, 0.2) is 0 Å². The lowest BCUT2D eigenvalue weighted by atomic mass is 9.98. The topological polar surface area (TPSA) is 20.2 Å². The smallest absolute Gasteiger partial charge is 0.123 e. The molecule has 1 N–H and O–H groups in total. The Kier molecular flexibility index (Phi) is 3.78. The van der Waals surface area contributed by atoms with Gasteiger partial charge in [-0.05, 0) is 37.1 Å². The van der Waals surface area contributed by atoms with Crippen molar-refractivity contribution in [1.29, 1.82) is 0 Å². The molecule has 0 aliphatic heterocycles. The van der Waals surface area contributed by atoms with Gasteiger partial charge in [0.25, 0.3) is 0 Å². The summed E-state index contributed by atoms with van der Waals surface area (Å²) in [6.45, 7) is 4.07. The fraction of sp³-hybridized carbons (Fsp3) is 0.250. The lowest BCUT2D eigenvalue weighted by molar-refractivity contribution is 0.178. The van der Waals surface area contributed by atoms with E-state index in [2.05, 4.69) is 18.2 Å². The number of halogens is 1. The highest BCUT2D eigenvalue weighted by atomic mass is 19.1. The summed E-state index contributed by atoms with van der Waals surface area (Å²) in [7, 11) is 0. The first-order chi connectivity index (χ1) is 8.54. The summed E-state index contributed by atoms with van der Waals surface area (Å²) in [5.74, 6) is -0.313. The SMILES string of the molecule is Cc1cc(C)cc(CC(O)c2cccc(F)c2)c1. The number of hydrogen-bond acceptors (Lipinski definition) is 1. The maximum Gasteiger partial charge on any atom is 0.123 e. The van der Waals surface area contributed by atoms with Crippen LogP contribution in [0.2, 0.25) is 0 Å². The molecule has 0 saturated heterocycles. The molecular formula is C16H17FO. The largest absolute Gasteiger partial charge is 0.388 e. The Morgan fingerprint density at radius 3 is 2.33 bits per heavy atom. The van der Waals surface area contributed by atoms with Gasteiger partial charge in [-0.15, -0.1) is 0 Å². The average molecular weight is 244 g/mol. The van der Waals surface area contributed by atoms with Gasteiger partial charge in [-0.1, -0.05) is 41.5 Å². The second-order valence-corrected chi connectivity index (χ2v) is 4.77. The van der Waals surface area contributed by atoms with E-state index < -0.39 is 6.10 Å². The minimum Gasteiger partial charge on any atom is -0.388 e. The zero-order valence-electron chi connectivity index (χ0n) is 10.7. The molecule has 2 aromatic carbocycles. The second-order valence-electron chi connectivity index (χ2n) is 4.77. The van der Waals surface area contributed by atoms with Gasteiger partial charge >= 0.3 is 0 Å². The monoisotopic (exact) mass is 244 g/mol. The highest BCUT2D eigenvalue weighted by Gasteiger charge is 2.09. The summed E-state index contributed by atoms with van der Waals surface area (Å²) < 4.78 is 13.1. The minimum atomic E-state index is -0.665. The fourth-order valence-corrected chi connectivity index (χ4v) is 2.24. The van der Waals surface area contributed by atoms with Crippen LogP contribution < -0.4 is 0 Å². The molecular weight excluding hydrogens is 227 g/mol. The number of hydrogen-bond donors (Lipinski definition) is 1. The van der Waals surface area contributed by atoms with Crippen molar-refractivity contribution in [2.75, 3.05) is 0 Å². The summed E-state index contributed by atoms with van der Waals surface area (Å²) in [6, 6.07) is 12.3. The number of aliphatic hydroxyl groups excluding tert-OH is 1. The standard InChI is InChI=1S/C16H17FO/c1-11-6-12(2)8-13(7-11)9-16(18)14-4-3-5-15(17)10-14/h3-8,10,16,18H,9H2,1-2H3. The molecule has 1 nitrogen and oxygen atoms in total. The normalized spacial score (nSPS) is 12.4. The van der Waals surface area contributed by atoms with Crippen LogP contribution in [0.5, 0.6) is 0 Å². The zero-order chi connectivity index (χ0) is 13.1. The van der Waals surface area contributed by atoms with Gasteiger partial charge in [-0.3, -0.25) is 0 Å². The van der Waals surface area contributed by atoms with Crippen molar-refractivity contribution in [2.24, 2.45) is 0 Å². The lowest BCUT2D eigenvalue weighted by Crippen LogP contribution is -2.02. The Bertz CT molecular complexity index is 528.